The van der Waals surface area contributed by atoms with Crippen LogP contribution in [0.1, 0.15) is 6.92 Å². The molecule has 0 aromatic heterocycles. The molecule has 0 N–H and O–H groups in total. The number of carbonyl (C=O) groups is 2. The van der Waals surface area contributed by atoms with Gasteiger partial charge in [-0.15, -0.1) is 0 Å². The third kappa shape index (κ3) is 6.57. The van der Waals surface area contributed by atoms with Crippen LogP contribution in [-0.4, -0.2) is 25.2 Å². The molecule has 0 saturated heterocycles. The monoisotopic (exact) mass is 158 g/mol. The van der Waals surface area contributed by atoms with E-state index < -0.39 is 11.9 Å². The van der Waals surface area contributed by atoms with Crippen molar-refractivity contribution in [3.05, 3.63) is 12.7 Å². The minimum atomic E-state index is -0.569. The van der Waals surface area contributed by atoms with Crippen molar-refractivity contribution in [3.63, 3.8) is 0 Å². The standard InChI is InChI=1S/C7H10O4/c1-3-4-10-7(9)5-11-6(2)8/h3H,1,4-5H2,2H3. The van der Waals surface area contributed by atoms with Crippen LogP contribution in [0.2, 0.25) is 0 Å². The maximum absolute atomic E-state index is 10.6. The normalized spacial score (nSPS) is 8.45. The van der Waals surface area contributed by atoms with E-state index in [1.54, 1.807) is 0 Å². The fraction of sp³-hybridized carbons (Fsp3) is 0.429. The zero-order chi connectivity index (χ0) is 8.69. The molecule has 0 aliphatic heterocycles. The Labute approximate surface area is 64.8 Å². The van der Waals surface area contributed by atoms with E-state index in [0.29, 0.717) is 0 Å². The van der Waals surface area contributed by atoms with Crippen LogP contribution in [0.25, 0.3) is 0 Å². The quantitative estimate of drug-likeness (QED) is 0.435. The summed E-state index contributed by atoms with van der Waals surface area (Å²) >= 11 is 0. The molecule has 4 nitrogen and oxygen atoms in total. The van der Waals surface area contributed by atoms with Crippen LogP contribution in [0.3, 0.4) is 0 Å². The van der Waals surface area contributed by atoms with Gasteiger partial charge in [0.15, 0.2) is 6.61 Å². The van der Waals surface area contributed by atoms with Crippen molar-refractivity contribution < 1.29 is 19.1 Å². The van der Waals surface area contributed by atoms with Crippen molar-refractivity contribution in [2.45, 2.75) is 6.92 Å². The molecular formula is C7H10O4. The highest BCUT2D eigenvalue weighted by Crippen LogP contribution is 1.82. The summed E-state index contributed by atoms with van der Waals surface area (Å²) in [5, 5.41) is 0. The van der Waals surface area contributed by atoms with Crippen molar-refractivity contribution in [3.8, 4) is 0 Å². The van der Waals surface area contributed by atoms with Crippen molar-refractivity contribution in [2.24, 2.45) is 0 Å². The Hall–Kier alpha value is -1.32. The number of hydrogen-bond donors (Lipinski definition) is 0. The van der Waals surface area contributed by atoms with Crippen LogP contribution in [-0.2, 0) is 19.1 Å². The van der Waals surface area contributed by atoms with E-state index in [1.165, 1.54) is 13.0 Å². The molecule has 0 aromatic carbocycles. The largest absolute Gasteiger partial charge is 0.459 e. The van der Waals surface area contributed by atoms with Crippen molar-refractivity contribution >= 4 is 11.9 Å². The first-order valence-electron chi connectivity index (χ1n) is 3.06. The molecule has 0 spiro atoms. The third-order valence-electron chi connectivity index (χ3n) is 0.755. The first kappa shape index (κ1) is 9.68. The van der Waals surface area contributed by atoms with Gasteiger partial charge in [0.1, 0.15) is 6.61 Å². The fourth-order valence-electron chi connectivity index (χ4n) is 0.354. The topological polar surface area (TPSA) is 52.6 Å². The Kier molecular flexibility index (Phi) is 4.81. The summed E-state index contributed by atoms with van der Waals surface area (Å²) in [6.45, 7) is 4.37. The summed E-state index contributed by atoms with van der Waals surface area (Å²) in [4.78, 5) is 20.7. The lowest BCUT2D eigenvalue weighted by Gasteiger charge is -2.00. The minimum Gasteiger partial charge on any atom is -0.459 e. The first-order valence-corrected chi connectivity index (χ1v) is 3.06. The van der Waals surface area contributed by atoms with E-state index in [-0.39, 0.29) is 13.2 Å². The number of carbonyl (C=O) groups excluding carboxylic acids is 2. The van der Waals surface area contributed by atoms with Crippen molar-refractivity contribution in [1.29, 1.82) is 0 Å². The van der Waals surface area contributed by atoms with E-state index >= 15 is 0 Å². The number of esters is 2. The Morgan fingerprint density at radius 2 is 2.09 bits per heavy atom. The summed E-state index contributed by atoms with van der Waals surface area (Å²) < 4.78 is 8.86. The van der Waals surface area contributed by atoms with Crippen molar-refractivity contribution in [2.75, 3.05) is 13.2 Å². The first-order chi connectivity index (χ1) is 5.16. The van der Waals surface area contributed by atoms with Gasteiger partial charge in [0.25, 0.3) is 0 Å². The second kappa shape index (κ2) is 5.46. The average Bonchev–Trinajstić information content (AvgIpc) is 1.97. The van der Waals surface area contributed by atoms with Gasteiger partial charge in [-0.2, -0.15) is 0 Å². The number of ether oxygens (including phenoxy) is 2. The van der Waals surface area contributed by atoms with Gasteiger partial charge in [0.2, 0.25) is 0 Å². The zero-order valence-corrected chi connectivity index (χ0v) is 6.33. The second-order valence-electron chi connectivity index (χ2n) is 1.75. The maximum atomic E-state index is 10.6. The summed E-state index contributed by atoms with van der Waals surface area (Å²) in [6.07, 6.45) is 1.44. The number of hydrogen-bond acceptors (Lipinski definition) is 4. The van der Waals surface area contributed by atoms with Crippen LogP contribution in [0.5, 0.6) is 0 Å². The molecule has 4 heteroatoms. The maximum Gasteiger partial charge on any atom is 0.344 e. The van der Waals surface area contributed by atoms with Gasteiger partial charge in [-0.3, -0.25) is 4.79 Å². The highest BCUT2D eigenvalue weighted by atomic mass is 16.6. The van der Waals surface area contributed by atoms with Crippen molar-refractivity contribution in [1.82, 2.24) is 0 Å². The molecule has 11 heavy (non-hydrogen) atoms. The Bertz CT molecular complexity index is 162. The Morgan fingerprint density at radius 1 is 1.45 bits per heavy atom. The van der Waals surface area contributed by atoms with Crippen LogP contribution >= 0.6 is 0 Å². The molecule has 0 saturated carbocycles. The molecule has 0 rings (SSSR count). The molecule has 0 aliphatic rings. The highest BCUT2D eigenvalue weighted by Gasteiger charge is 2.02. The SMILES string of the molecule is C=CCOC(=O)COC(C)=O. The van der Waals surface area contributed by atoms with Gasteiger partial charge in [0.05, 0.1) is 0 Å². The molecule has 0 heterocycles. The lowest BCUT2D eigenvalue weighted by atomic mass is 10.6. The molecule has 0 bridgehead atoms. The molecule has 0 fully saturated rings. The van der Waals surface area contributed by atoms with E-state index in [2.05, 4.69) is 16.1 Å². The van der Waals surface area contributed by atoms with E-state index in [0.717, 1.165) is 0 Å². The summed E-state index contributed by atoms with van der Waals surface area (Å²) in [7, 11) is 0. The smallest absolute Gasteiger partial charge is 0.344 e. The summed E-state index contributed by atoms with van der Waals surface area (Å²) in [5.74, 6) is -1.07. The van der Waals surface area contributed by atoms with E-state index in [9.17, 15) is 9.59 Å². The minimum absolute atomic E-state index is 0.139. The fourth-order valence-corrected chi connectivity index (χ4v) is 0.354. The van der Waals surface area contributed by atoms with E-state index in [1.807, 2.05) is 0 Å². The van der Waals surface area contributed by atoms with E-state index in [4.69, 9.17) is 0 Å². The van der Waals surface area contributed by atoms with Crippen LogP contribution in [0, 0.1) is 0 Å². The molecule has 0 radical (unpaired) electrons. The molecular weight excluding hydrogens is 148 g/mol. The Morgan fingerprint density at radius 3 is 2.55 bits per heavy atom. The van der Waals surface area contributed by atoms with Crippen LogP contribution in [0.4, 0.5) is 0 Å². The van der Waals surface area contributed by atoms with Crippen LogP contribution in [0.15, 0.2) is 12.7 Å². The lowest BCUT2D eigenvalue weighted by Crippen LogP contribution is -2.14. The number of rotatable bonds is 4. The predicted octanol–water partition coefficient (Wildman–Crippen LogP) is 0.279. The van der Waals surface area contributed by atoms with Gasteiger partial charge in [0, 0.05) is 6.92 Å². The van der Waals surface area contributed by atoms with Crippen LogP contribution < -0.4 is 0 Å². The van der Waals surface area contributed by atoms with Gasteiger partial charge in [-0.05, 0) is 0 Å². The molecule has 0 atom stereocenters. The highest BCUT2D eigenvalue weighted by molar-refractivity contribution is 5.75. The lowest BCUT2D eigenvalue weighted by molar-refractivity contribution is -0.156. The average molecular weight is 158 g/mol. The van der Waals surface area contributed by atoms with Gasteiger partial charge in [-0.1, -0.05) is 12.7 Å². The van der Waals surface area contributed by atoms with Gasteiger partial charge in [-0.25, -0.2) is 4.79 Å². The molecule has 0 aliphatic carbocycles. The third-order valence-corrected chi connectivity index (χ3v) is 0.755. The van der Waals surface area contributed by atoms with Gasteiger partial charge >= 0.3 is 11.9 Å². The molecule has 62 valence electrons. The molecule has 0 aromatic rings. The summed E-state index contributed by atoms with van der Waals surface area (Å²) in [5.41, 5.74) is 0. The predicted molar refractivity (Wildman–Crippen MR) is 37.8 cm³/mol. The molecule has 0 amide bonds. The molecule has 0 unspecified atom stereocenters. The zero-order valence-electron chi connectivity index (χ0n) is 6.33. The summed E-state index contributed by atoms with van der Waals surface area (Å²) in [6, 6.07) is 0. The second-order valence-corrected chi connectivity index (χ2v) is 1.75. The van der Waals surface area contributed by atoms with Gasteiger partial charge < -0.3 is 9.47 Å². The Balaban J connectivity index is 3.37.